The van der Waals surface area contributed by atoms with Crippen LogP contribution in [0.3, 0.4) is 0 Å². The summed E-state index contributed by atoms with van der Waals surface area (Å²) in [7, 11) is 0. The molecule has 1 aliphatic rings. The van der Waals surface area contributed by atoms with Gasteiger partial charge in [0.1, 0.15) is 17.7 Å². The maximum absolute atomic E-state index is 7.47. The van der Waals surface area contributed by atoms with Crippen molar-refractivity contribution in [3.8, 4) is 5.75 Å². The largest absolute Gasteiger partial charge is 0.489 e. The molecule has 0 spiro atoms. The minimum Gasteiger partial charge on any atom is -0.489 e. The van der Waals surface area contributed by atoms with Crippen molar-refractivity contribution in [1.29, 1.82) is 5.41 Å². The highest BCUT2D eigenvalue weighted by Gasteiger charge is 2.17. The molecule has 1 heterocycles. The van der Waals surface area contributed by atoms with Crippen molar-refractivity contribution < 1.29 is 9.47 Å². The Hall–Kier alpha value is -1.55. The van der Waals surface area contributed by atoms with Gasteiger partial charge in [0, 0.05) is 12.8 Å². The Morgan fingerprint density at radius 2 is 2.00 bits per heavy atom. The van der Waals surface area contributed by atoms with E-state index in [1.165, 1.54) is 0 Å². The van der Waals surface area contributed by atoms with Crippen LogP contribution >= 0.6 is 0 Å². The van der Waals surface area contributed by atoms with E-state index in [0.717, 1.165) is 26.1 Å². The van der Waals surface area contributed by atoms with Crippen LogP contribution < -0.4 is 10.5 Å². The van der Waals surface area contributed by atoms with E-state index in [-0.39, 0.29) is 11.9 Å². The smallest absolute Gasteiger partial charge is 0.130 e. The quantitative estimate of drug-likeness (QED) is 0.599. The van der Waals surface area contributed by atoms with Gasteiger partial charge in [-0.25, -0.2) is 0 Å². The van der Waals surface area contributed by atoms with E-state index in [2.05, 4.69) is 0 Å². The van der Waals surface area contributed by atoms with Crippen LogP contribution in [0.1, 0.15) is 18.4 Å². The topological polar surface area (TPSA) is 68.3 Å². The van der Waals surface area contributed by atoms with Crippen LogP contribution in [0.2, 0.25) is 0 Å². The van der Waals surface area contributed by atoms with Gasteiger partial charge in [0.2, 0.25) is 0 Å². The average Bonchev–Trinajstić information content (AvgIpc) is 2.31. The van der Waals surface area contributed by atoms with E-state index >= 15 is 0 Å². The van der Waals surface area contributed by atoms with Crippen molar-refractivity contribution in [2.45, 2.75) is 18.9 Å². The molecule has 3 N–H and O–H groups in total. The lowest BCUT2D eigenvalue weighted by Gasteiger charge is -2.24. The molecule has 86 valence electrons. The third-order valence-electron chi connectivity index (χ3n) is 2.64. The summed E-state index contributed by atoms with van der Waals surface area (Å²) in [6.45, 7) is 1.49. The molecule has 0 saturated carbocycles. The third-order valence-corrected chi connectivity index (χ3v) is 2.64. The summed E-state index contributed by atoms with van der Waals surface area (Å²) in [5, 5.41) is 7.47. The number of nitrogens with two attached hydrogens (primary N) is 1. The van der Waals surface area contributed by atoms with Crippen molar-refractivity contribution >= 4 is 5.84 Å². The standard InChI is InChI=1S/C12H16N2O2/c13-12(14)10-3-1-2-4-11(10)16-9-5-7-15-8-6-9/h1-4,9H,5-8H2,(H3,13,14). The molecule has 0 radical (unpaired) electrons. The minimum atomic E-state index is 0.0441. The monoisotopic (exact) mass is 220 g/mol. The molecule has 0 amide bonds. The summed E-state index contributed by atoms with van der Waals surface area (Å²) in [6.07, 6.45) is 1.97. The van der Waals surface area contributed by atoms with E-state index in [1.807, 2.05) is 18.2 Å². The summed E-state index contributed by atoms with van der Waals surface area (Å²) in [5.74, 6) is 0.740. The summed E-state index contributed by atoms with van der Waals surface area (Å²) in [6, 6.07) is 7.40. The van der Waals surface area contributed by atoms with Gasteiger partial charge in [-0.2, -0.15) is 0 Å². The van der Waals surface area contributed by atoms with Crippen molar-refractivity contribution in [2.75, 3.05) is 13.2 Å². The van der Waals surface area contributed by atoms with Crippen LogP contribution in [-0.2, 0) is 4.74 Å². The normalized spacial score (nSPS) is 17.0. The molecule has 0 aromatic heterocycles. The van der Waals surface area contributed by atoms with Gasteiger partial charge >= 0.3 is 0 Å². The van der Waals surface area contributed by atoms with Crippen LogP contribution in [-0.4, -0.2) is 25.2 Å². The van der Waals surface area contributed by atoms with E-state index in [4.69, 9.17) is 20.6 Å². The highest BCUT2D eigenvalue weighted by molar-refractivity contribution is 5.97. The molecule has 1 aromatic rings. The zero-order chi connectivity index (χ0) is 11.4. The van der Waals surface area contributed by atoms with Gasteiger partial charge in [-0.05, 0) is 12.1 Å². The summed E-state index contributed by atoms with van der Waals surface area (Å²) in [4.78, 5) is 0. The Morgan fingerprint density at radius 3 is 2.69 bits per heavy atom. The molecule has 4 nitrogen and oxygen atoms in total. The molecular formula is C12H16N2O2. The van der Waals surface area contributed by atoms with Crippen molar-refractivity contribution in [1.82, 2.24) is 0 Å². The minimum absolute atomic E-state index is 0.0441. The zero-order valence-corrected chi connectivity index (χ0v) is 9.11. The molecule has 16 heavy (non-hydrogen) atoms. The first-order valence-electron chi connectivity index (χ1n) is 5.45. The average molecular weight is 220 g/mol. The van der Waals surface area contributed by atoms with Crippen molar-refractivity contribution in [3.63, 3.8) is 0 Å². The van der Waals surface area contributed by atoms with Crippen molar-refractivity contribution in [3.05, 3.63) is 29.8 Å². The fraction of sp³-hybridized carbons (Fsp3) is 0.417. The van der Waals surface area contributed by atoms with E-state index in [1.54, 1.807) is 6.07 Å². The molecule has 0 aliphatic carbocycles. The van der Waals surface area contributed by atoms with Crippen LogP contribution in [0, 0.1) is 5.41 Å². The lowest BCUT2D eigenvalue weighted by atomic mass is 10.1. The molecule has 0 atom stereocenters. The van der Waals surface area contributed by atoms with Gasteiger partial charge in [0.25, 0.3) is 0 Å². The molecule has 1 fully saturated rings. The maximum atomic E-state index is 7.47. The van der Waals surface area contributed by atoms with E-state index in [0.29, 0.717) is 11.3 Å². The molecule has 1 aromatic carbocycles. The predicted molar refractivity (Wildman–Crippen MR) is 61.9 cm³/mol. The molecule has 2 rings (SSSR count). The maximum Gasteiger partial charge on any atom is 0.130 e. The Kier molecular flexibility index (Phi) is 3.41. The van der Waals surface area contributed by atoms with Gasteiger partial charge in [0.05, 0.1) is 18.8 Å². The number of nitrogens with one attached hydrogen (secondary N) is 1. The SMILES string of the molecule is N=C(N)c1ccccc1OC1CCOCC1. The zero-order valence-electron chi connectivity index (χ0n) is 9.11. The Morgan fingerprint density at radius 1 is 1.31 bits per heavy atom. The predicted octanol–water partition coefficient (Wildman–Crippen LogP) is 1.53. The van der Waals surface area contributed by atoms with Gasteiger partial charge in [-0.3, -0.25) is 5.41 Å². The van der Waals surface area contributed by atoms with Gasteiger partial charge in [0.15, 0.2) is 0 Å². The number of nitrogen functional groups attached to an aromatic ring is 1. The number of para-hydroxylation sites is 1. The molecule has 1 aliphatic heterocycles. The second-order valence-electron chi connectivity index (χ2n) is 3.84. The number of ether oxygens (including phenoxy) is 2. The number of benzene rings is 1. The van der Waals surface area contributed by atoms with Crippen LogP contribution in [0.25, 0.3) is 0 Å². The molecule has 4 heteroatoms. The van der Waals surface area contributed by atoms with Gasteiger partial charge in [-0.1, -0.05) is 12.1 Å². The summed E-state index contributed by atoms with van der Waals surface area (Å²) >= 11 is 0. The fourth-order valence-corrected chi connectivity index (χ4v) is 1.77. The molecule has 0 bridgehead atoms. The molecular weight excluding hydrogens is 204 g/mol. The fourth-order valence-electron chi connectivity index (χ4n) is 1.77. The summed E-state index contributed by atoms with van der Waals surface area (Å²) < 4.78 is 11.1. The molecule has 1 saturated heterocycles. The first-order valence-corrected chi connectivity index (χ1v) is 5.45. The highest BCUT2D eigenvalue weighted by atomic mass is 16.5. The van der Waals surface area contributed by atoms with Crippen molar-refractivity contribution in [2.24, 2.45) is 5.73 Å². The van der Waals surface area contributed by atoms with E-state index < -0.39 is 0 Å². The first kappa shape index (κ1) is 11.0. The van der Waals surface area contributed by atoms with Gasteiger partial charge < -0.3 is 15.2 Å². The number of hydrogen-bond acceptors (Lipinski definition) is 3. The lowest BCUT2D eigenvalue weighted by Crippen LogP contribution is -2.27. The van der Waals surface area contributed by atoms with E-state index in [9.17, 15) is 0 Å². The number of amidine groups is 1. The Balaban J connectivity index is 2.10. The highest BCUT2D eigenvalue weighted by Crippen LogP contribution is 2.21. The molecule has 0 unspecified atom stereocenters. The number of rotatable bonds is 3. The third kappa shape index (κ3) is 2.52. The second-order valence-corrected chi connectivity index (χ2v) is 3.84. The Bertz CT molecular complexity index is 373. The Labute approximate surface area is 94.9 Å². The lowest BCUT2D eigenvalue weighted by molar-refractivity contribution is 0.0255. The van der Waals surface area contributed by atoms with Gasteiger partial charge in [-0.15, -0.1) is 0 Å². The number of hydrogen-bond donors (Lipinski definition) is 2. The van der Waals surface area contributed by atoms with Crippen LogP contribution in [0.5, 0.6) is 5.75 Å². The van der Waals surface area contributed by atoms with Crippen LogP contribution in [0.4, 0.5) is 0 Å². The van der Waals surface area contributed by atoms with Crippen LogP contribution in [0.15, 0.2) is 24.3 Å². The second kappa shape index (κ2) is 4.99. The summed E-state index contributed by atoms with van der Waals surface area (Å²) in [5.41, 5.74) is 6.16. The first-order chi connectivity index (χ1) is 7.77.